The van der Waals surface area contributed by atoms with E-state index >= 15 is 0 Å². The number of ketones is 3. The average Bonchev–Trinajstić information content (AvgIpc) is 3.06. The van der Waals surface area contributed by atoms with E-state index in [1.807, 2.05) is 19.9 Å². The number of hydrogen-bond donors (Lipinski definition) is 1. The number of hydrogen-bond acceptors (Lipinski definition) is 9. The summed E-state index contributed by atoms with van der Waals surface area (Å²) in [6.07, 6.45) is 3.39. The summed E-state index contributed by atoms with van der Waals surface area (Å²) in [6, 6.07) is 23.1. The molecule has 0 spiro atoms. The minimum absolute atomic E-state index is 0.0589. The highest BCUT2D eigenvalue weighted by molar-refractivity contribution is 8.13. The van der Waals surface area contributed by atoms with Gasteiger partial charge in [-0.25, -0.2) is 16.8 Å². The third-order valence-electron chi connectivity index (χ3n) is 9.42. The summed E-state index contributed by atoms with van der Waals surface area (Å²) < 4.78 is 48.0. The third kappa shape index (κ3) is 15.0. The van der Waals surface area contributed by atoms with Crippen LogP contribution in [0, 0.1) is 0 Å². The first kappa shape index (κ1) is 46.7. The van der Waals surface area contributed by atoms with Crippen molar-refractivity contribution in [3.63, 3.8) is 0 Å². The first-order chi connectivity index (χ1) is 25.7. The van der Waals surface area contributed by atoms with Crippen molar-refractivity contribution >= 4 is 70.3 Å². The van der Waals surface area contributed by atoms with E-state index in [2.05, 4.69) is 48.3 Å². The molecule has 0 unspecified atom stereocenters. The summed E-state index contributed by atoms with van der Waals surface area (Å²) in [5.74, 6) is 0.917. The lowest BCUT2D eigenvalue weighted by atomic mass is 9.95. The number of likely N-dealkylation sites (tertiary alicyclic amines) is 1. The van der Waals surface area contributed by atoms with Gasteiger partial charge in [-0.2, -0.15) is 4.31 Å². The van der Waals surface area contributed by atoms with Crippen LogP contribution in [0.4, 0.5) is 0 Å². The van der Waals surface area contributed by atoms with Crippen LogP contribution in [-0.4, -0.2) is 79.6 Å². The van der Waals surface area contributed by atoms with Crippen LogP contribution in [0.15, 0.2) is 88.7 Å². The number of halogens is 3. The number of Topliss-reactive ketones (excluding diaryl/α,β-unsaturated/α-hetero) is 3. The second-order valence-corrected chi connectivity index (χ2v) is 19.8. The molecule has 1 N–H and O–H groups in total. The number of carbonyl (C=O) groups is 3. The highest BCUT2D eigenvalue weighted by Crippen LogP contribution is 2.29. The summed E-state index contributed by atoms with van der Waals surface area (Å²) in [7, 11) is -2.14. The fourth-order valence-electron chi connectivity index (χ4n) is 7.04. The van der Waals surface area contributed by atoms with Gasteiger partial charge in [0, 0.05) is 102 Å². The second kappa shape index (κ2) is 21.2. The minimum atomic E-state index is -3.61. The standard InChI is InChI=1S/C14H19NO.C13H16ClNO3S.C7H13NO.C6H4Cl2O2S/c1-11-8-14(16)9-12(2)15(11)10-13-6-4-3-5-7-13;1-9-7-12(16)8-10(2)15(9)19(17,18)13-5-3-11(14)4-6-13;1-5-3-7(9)4-6(2)8-5;7-5-1-3-6(4-2-5)11(8,9)10/h3-7,11-12H,8-10H2,1-2H3;3-6,9-10H,7-8H2,1-2H3;5-6,8H,3-4H2,1-2H3;1-4H/t11-,12-;9-,10-;5-,6-;/m111./s1. The van der Waals surface area contributed by atoms with Gasteiger partial charge < -0.3 is 5.32 Å². The Morgan fingerprint density at radius 1 is 0.564 bits per heavy atom. The molecule has 55 heavy (non-hydrogen) atoms. The van der Waals surface area contributed by atoms with Crippen LogP contribution in [0.5, 0.6) is 0 Å². The fraction of sp³-hybridized carbons (Fsp3) is 0.475. The summed E-state index contributed by atoms with van der Waals surface area (Å²) in [5.41, 5.74) is 1.33. The lowest BCUT2D eigenvalue weighted by Gasteiger charge is -2.38. The molecular formula is C40H52Cl3N3O7S2. The number of benzene rings is 3. The molecular weight excluding hydrogens is 805 g/mol. The van der Waals surface area contributed by atoms with Crippen molar-refractivity contribution in [3.8, 4) is 0 Å². The van der Waals surface area contributed by atoms with Gasteiger partial charge in [-0.1, -0.05) is 53.5 Å². The van der Waals surface area contributed by atoms with Crippen molar-refractivity contribution in [2.75, 3.05) is 0 Å². The zero-order chi connectivity index (χ0) is 41.1. The van der Waals surface area contributed by atoms with Gasteiger partial charge in [0.1, 0.15) is 17.3 Å². The quantitative estimate of drug-likeness (QED) is 0.253. The van der Waals surface area contributed by atoms with Gasteiger partial charge in [0.15, 0.2) is 0 Å². The Kier molecular flexibility index (Phi) is 18.0. The number of nitrogens with one attached hydrogen (secondary N) is 1. The molecule has 3 heterocycles. The largest absolute Gasteiger partial charge is 0.311 e. The molecule has 0 amide bonds. The van der Waals surface area contributed by atoms with Crippen LogP contribution in [0.2, 0.25) is 10.0 Å². The molecule has 3 aromatic carbocycles. The maximum atomic E-state index is 12.6. The van der Waals surface area contributed by atoms with Crippen LogP contribution < -0.4 is 5.32 Å². The monoisotopic (exact) mass is 855 g/mol. The molecule has 0 aromatic heterocycles. The first-order valence-corrected chi connectivity index (χ1v) is 22.8. The van der Waals surface area contributed by atoms with Crippen LogP contribution in [0.1, 0.15) is 85.6 Å². The molecule has 15 heteroatoms. The van der Waals surface area contributed by atoms with Crippen molar-refractivity contribution in [2.45, 2.75) is 133 Å². The topological polar surface area (TPSA) is 138 Å². The SMILES string of the molecule is C[C@@H]1CC(=O)C[C@@H](C)N1.C[C@@H]1CC(=O)C[C@@H](C)N1Cc1ccccc1.C[C@@H]1CC(=O)C[C@@H](C)N1S(=O)(=O)c1ccc(Cl)cc1.O=S(=O)(Cl)c1ccc(Cl)cc1. The van der Waals surface area contributed by atoms with Crippen molar-refractivity contribution in [1.82, 2.24) is 14.5 Å². The molecule has 0 bridgehead atoms. The normalized spacial score (nSPS) is 25.0. The molecule has 3 aliphatic rings. The number of sulfonamides is 1. The predicted octanol–water partition coefficient (Wildman–Crippen LogP) is 8.08. The Labute approximate surface area is 341 Å². The van der Waals surface area contributed by atoms with Gasteiger partial charge in [-0.15, -0.1) is 0 Å². The van der Waals surface area contributed by atoms with Gasteiger partial charge >= 0.3 is 0 Å². The van der Waals surface area contributed by atoms with E-state index in [1.54, 1.807) is 26.0 Å². The van der Waals surface area contributed by atoms with Crippen LogP contribution >= 0.6 is 33.9 Å². The van der Waals surface area contributed by atoms with E-state index in [0.717, 1.165) is 6.54 Å². The molecule has 6 atom stereocenters. The average molecular weight is 857 g/mol. The number of piperidine rings is 3. The zero-order valence-corrected chi connectivity index (χ0v) is 36.0. The molecule has 3 aromatic rings. The van der Waals surface area contributed by atoms with E-state index in [9.17, 15) is 31.2 Å². The van der Waals surface area contributed by atoms with Gasteiger partial charge in [0.25, 0.3) is 9.05 Å². The summed E-state index contributed by atoms with van der Waals surface area (Å²) in [4.78, 5) is 36.5. The fourth-order valence-corrected chi connectivity index (χ4v) is 9.88. The lowest BCUT2D eigenvalue weighted by Crippen LogP contribution is -2.49. The summed E-state index contributed by atoms with van der Waals surface area (Å²) in [6.45, 7) is 12.9. The minimum Gasteiger partial charge on any atom is -0.311 e. The molecule has 10 nitrogen and oxygen atoms in total. The van der Waals surface area contributed by atoms with Gasteiger partial charge in [-0.05, 0) is 95.6 Å². The molecule has 6 rings (SSSR count). The molecule has 3 fully saturated rings. The van der Waals surface area contributed by atoms with Crippen molar-refractivity contribution in [1.29, 1.82) is 0 Å². The van der Waals surface area contributed by atoms with E-state index in [-0.39, 0.29) is 40.5 Å². The molecule has 0 saturated carbocycles. The van der Waals surface area contributed by atoms with Gasteiger partial charge in [-0.3, -0.25) is 19.3 Å². The van der Waals surface area contributed by atoms with Crippen molar-refractivity contribution in [2.24, 2.45) is 0 Å². The number of nitrogens with zero attached hydrogens (tertiary/aromatic N) is 2. The molecule has 0 radical (unpaired) electrons. The Bertz CT molecular complexity index is 1910. The summed E-state index contributed by atoms with van der Waals surface area (Å²) >= 11 is 11.3. The second-order valence-electron chi connectivity index (χ2n) is 14.5. The Hall–Kier alpha value is -2.68. The number of rotatable bonds is 5. The molecule has 0 aliphatic carbocycles. The summed E-state index contributed by atoms with van der Waals surface area (Å²) in [5, 5.41) is 4.26. The Morgan fingerprint density at radius 2 is 0.945 bits per heavy atom. The van der Waals surface area contributed by atoms with E-state index in [4.69, 9.17) is 33.9 Å². The van der Waals surface area contributed by atoms with Crippen LogP contribution in [0.3, 0.4) is 0 Å². The third-order valence-corrected chi connectivity index (χ3v) is 13.4. The zero-order valence-electron chi connectivity index (χ0n) is 32.1. The van der Waals surface area contributed by atoms with E-state index in [0.29, 0.717) is 71.5 Å². The molecule has 302 valence electrons. The Morgan fingerprint density at radius 3 is 1.35 bits per heavy atom. The highest BCUT2D eigenvalue weighted by Gasteiger charge is 2.38. The van der Waals surface area contributed by atoms with Gasteiger partial charge in [0.05, 0.1) is 9.79 Å². The predicted molar refractivity (Wildman–Crippen MR) is 220 cm³/mol. The van der Waals surface area contributed by atoms with Gasteiger partial charge in [0.2, 0.25) is 10.0 Å². The highest BCUT2D eigenvalue weighted by atomic mass is 35.7. The first-order valence-electron chi connectivity index (χ1n) is 18.3. The van der Waals surface area contributed by atoms with Crippen molar-refractivity contribution < 1.29 is 31.2 Å². The van der Waals surface area contributed by atoms with Crippen molar-refractivity contribution in [3.05, 3.63) is 94.5 Å². The lowest BCUT2D eigenvalue weighted by molar-refractivity contribution is -0.125. The Balaban J connectivity index is 0.000000205. The molecule has 3 aliphatic heterocycles. The molecule has 3 saturated heterocycles. The van der Waals surface area contributed by atoms with Crippen LogP contribution in [-0.2, 0) is 40.0 Å². The number of carbonyl (C=O) groups excluding carboxylic acids is 3. The maximum absolute atomic E-state index is 12.6. The van der Waals surface area contributed by atoms with E-state index in [1.165, 1.54) is 46.3 Å². The smallest absolute Gasteiger partial charge is 0.261 e. The maximum Gasteiger partial charge on any atom is 0.261 e. The van der Waals surface area contributed by atoms with E-state index < -0.39 is 19.1 Å². The van der Waals surface area contributed by atoms with Crippen LogP contribution in [0.25, 0.3) is 0 Å².